The Kier molecular flexibility index (Phi) is 6.81. The molecule has 4 aromatic rings. The maximum absolute atomic E-state index is 14.1. The van der Waals surface area contributed by atoms with Gasteiger partial charge >= 0.3 is 0 Å². The Morgan fingerprint density at radius 1 is 1.16 bits per heavy atom. The highest BCUT2D eigenvalue weighted by atomic mass is 79.9. The fourth-order valence-corrected chi connectivity index (χ4v) is 3.78. The predicted molar refractivity (Wildman–Crippen MR) is 125 cm³/mol. The van der Waals surface area contributed by atoms with Gasteiger partial charge in [0.15, 0.2) is 17.3 Å². The molecule has 2 heterocycles. The third-order valence-electron chi connectivity index (χ3n) is 4.74. The number of hydrogen-bond acceptors (Lipinski definition) is 6. The number of ether oxygens (including phenoxy) is 2. The minimum atomic E-state index is -0.326. The lowest BCUT2D eigenvalue weighted by atomic mass is 10.1. The topological polar surface area (TPSA) is 77.0 Å². The van der Waals surface area contributed by atoms with Crippen molar-refractivity contribution >= 4 is 28.1 Å². The summed E-state index contributed by atoms with van der Waals surface area (Å²) in [5.41, 5.74) is 5.36. The van der Waals surface area contributed by atoms with Crippen LogP contribution >= 0.6 is 28.1 Å². The number of halogens is 2. The number of methoxy groups -OCH3 is 1. The van der Waals surface area contributed by atoms with Gasteiger partial charge in [0.25, 0.3) is 0 Å². The molecule has 0 spiro atoms. The van der Waals surface area contributed by atoms with Crippen LogP contribution in [-0.2, 0) is 13.2 Å². The first-order valence-electron chi connectivity index (χ1n) is 9.61. The average molecular weight is 516 g/mol. The number of nitrogens with zero attached hydrogens (tertiary/aromatic N) is 3. The third kappa shape index (κ3) is 4.66. The van der Waals surface area contributed by atoms with Crippen LogP contribution in [0.3, 0.4) is 0 Å². The number of benzene rings is 2. The Morgan fingerprint density at radius 3 is 2.69 bits per heavy atom. The lowest BCUT2D eigenvalue weighted by Crippen LogP contribution is -2.17. The number of hydrogen-bond donors (Lipinski definition) is 2. The van der Waals surface area contributed by atoms with E-state index in [1.165, 1.54) is 6.07 Å². The highest BCUT2D eigenvalue weighted by molar-refractivity contribution is 9.10. The minimum Gasteiger partial charge on any atom is -0.493 e. The van der Waals surface area contributed by atoms with Crippen molar-refractivity contribution in [1.82, 2.24) is 19.9 Å². The minimum absolute atomic E-state index is 0.0554. The summed E-state index contributed by atoms with van der Waals surface area (Å²) in [7, 11) is 1.56. The van der Waals surface area contributed by atoms with E-state index in [4.69, 9.17) is 21.7 Å². The van der Waals surface area contributed by atoms with Gasteiger partial charge in [-0.2, -0.15) is 5.10 Å². The molecular formula is C22H19BrFN5O2S. The summed E-state index contributed by atoms with van der Waals surface area (Å²) in [6, 6.07) is 13.8. The molecule has 0 aliphatic carbocycles. The van der Waals surface area contributed by atoms with Crippen LogP contribution in [0.25, 0.3) is 11.4 Å². The zero-order valence-electron chi connectivity index (χ0n) is 17.0. The molecule has 164 valence electrons. The molecule has 0 bridgehead atoms. The van der Waals surface area contributed by atoms with Gasteiger partial charge in [0.05, 0.1) is 13.7 Å². The molecule has 0 unspecified atom stereocenters. The standard InChI is InChI=1S/C22H19BrFN5O2S/c1-30-19-7-6-17(23)16(20(19)31-13-15-4-2-3-5-18(15)24)12-26-29-21(27-28-22(29)32)14-8-10-25-11-9-14/h2-11,26H,12-13H2,1H3,(H,28,32). The molecule has 0 amide bonds. The van der Waals surface area contributed by atoms with Crippen molar-refractivity contribution in [3.8, 4) is 22.9 Å². The molecule has 0 radical (unpaired) electrons. The van der Waals surface area contributed by atoms with Crippen LogP contribution in [0.15, 0.2) is 65.4 Å². The van der Waals surface area contributed by atoms with E-state index in [1.54, 1.807) is 48.4 Å². The molecule has 0 atom stereocenters. The Balaban J connectivity index is 1.63. The summed E-state index contributed by atoms with van der Waals surface area (Å²) < 4.78 is 28.5. The summed E-state index contributed by atoms with van der Waals surface area (Å²) in [4.78, 5) is 4.04. The number of rotatable bonds is 8. The van der Waals surface area contributed by atoms with E-state index in [2.05, 4.69) is 36.5 Å². The van der Waals surface area contributed by atoms with Gasteiger partial charge in [-0.15, -0.1) is 0 Å². The normalized spacial score (nSPS) is 10.7. The molecule has 4 rings (SSSR count). The first kappa shape index (κ1) is 22.0. The van der Waals surface area contributed by atoms with E-state index in [1.807, 2.05) is 18.2 Å². The van der Waals surface area contributed by atoms with Crippen molar-refractivity contribution in [2.24, 2.45) is 0 Å². The van der Waals surface area contributed by atoms with Gasteiger partial charge in [0.2, 0.25) is 4.77 Å². The van der Waals surface area contributed by atoms with Crippen molar-refractivity contribution in [3.05, 3.63) is 87.1 Å². The molecule has 0 aliphatic rings. The van der Waals surface area contributed by atoms with Crippen molar-refractivity contribution in [3.63, 3.8) is 0 Å². The monoisotopic (exact) mass is 515 g/mol. The number of nitrogens with one attached hydrogen (secondary N) is 2. The molecule has 2 aromatic heterocycles. The summed E-state index contributed by atoms with van der Waals surface area (Å²) in [6.07, 6.45) is 3.37. The van der Waals surface area contributed by atoms with Gasteiger partial charge in [-0.25, -0.2) is 14.2 Å². The van der Waals surface area contributed by atoms with Gasteiger partial charge in [-0.3, -0.25) is 4.98 Å². The van der Waals surface area contributed by atoms with Crippen LogP contribution in [0, 0.1) is 10.6 Å². The molecule has 2 aromatic carbocycles. The molecule has 7 nitrogen and oxygen atoms in total. The number of H-pyrrole nitrogens is 1. The van der Waals surface area contributed by atoms with Crippen molar-refractivity contribution in [1.29, 1.82) is 0 Å². The molecular weight excluding hydrogens is 497 g/mol. The summed E-state index contributed by atoms with van der Waals surface area (Å²) in [5, 5.41) is 7.11. The smallest absolute Gasteiger partial charge is 0.214 e. The zero-order chi connectivity index (χ0) is 22.5. The molecule has 0 saturated heterocycles. The first-order valence-corrected chi connectivity index (χ1v) is 10.8. The highest BCUT2D eigenvalue weighted by Crippen LogP contribution is 2.37. The third-order valence-corrected chi connectivity index (χ3v) is 5.76. The summed E-state index contributed by atoms with van der Waals surface area (Å²) >= 11 is 8.97. The van der Waals surface area contributed by atoms with E-state index in [0.717, 1.165) is 15.6 Å². The second-order valence-electron chi connectivity index (χ2n) is 6.70. The molecule has 32 heavy (non-hydrogen) atoms. The molecule has 0 aliphatic heterocycles. The quantitative estimate of drug-likeness (QED) is 0.312. The number of aromatic nitrogens is 4. The average Bonchev–Trinajstić information content (AvgIpc) is 3.18. The molecule has 0 saturated carbocycles. The zero-order valence-corrected chi connectivity index (χ0v) is 19.4. The predicted octanol–water partition coefficient (Wildman–Crippen LogP) is 5.24. The molecule has 0 fully saturated rings. The Labute approximate surface area is 197 Å². The van der Waals surface area contributed by atoms with E-state index >= 15 is 0 Å². The van der Waals surface area contributed by atoms with E-state index in [9.17, 15) is 4.39 Å². The maximum Gasteiger partial charge on any atom is 0.214 e. The van der Waals surface area contributed by atoms with Crippen LogP contribution in [0.5, 0.6) is 11.5 Å². The SMILES string of the molecule is COc1ccc(Br)c(CNn2c(-c3ccncc3)n[nH]c2=S)c1OCc1ccccc1F. The number of pyridine rings is 1. The van der Waals surface area contributed by atoms with E-state index < -0.39 is 0 Å². The van der Waals surface area contributed by atoms with E-state index in [0.29, 0.717) is 34.2 Å². The lowest BCUT2D eigenvalue weighted by molar-refractivity contribution is 0.276. The second-order valence-corrected chi connectivity index (χ2v) is 7.94. The largest absolute Gasteiger partial charge is 0.493 e. The highest BCUT2D eigenvalue weighted by Gasteiger charge is 2.17. The van der Waals surface area contributed by atoms with Gasteiger partial charge in [0, 0.05) is 33.6 Å². The van der Waals surface area contributed by atoms with Crippen LogP contribution in [0.2, 0.25) is 0 Å². The van der Waals surface area contributed by atoms with Crippen LogP contribution in [0.1, 0.15) is 11.1 Å². The Bertz CT molecular complexity index is 1280. The van der Waals surface area contributed by atoms with Crippen molar-refractivity contribution in [2.75, 3.05) is 12.5 Å². The van der Waals surface area contributed by atoms with Crippen LogP contribution in [-0.4, -0.2) is 27.0 Å². The van der Waals surface area contributed by atoms with Gasteiger partial charge in [-0.1, -0.05) is 34.1 Å². The van der Waals surface area contributed by atoms with Crippen LogP contribution in [0.4, 0.5) is 4.39 Å². The Hall–Kier alpha value is -3.24. The van der Waals surface area contributed by atoms with Crippen LogP contribution < -0.4 is 14.9 Å². The summed E-state index contributed by atoms with van der Waals surface area (Å²) in [6.45, 7) is 0.385. The molecule has 10 heteroatoms. The first-order chi connectivity index (χ1) is 15.6. The van der Waals surface area contributed by atoms with Gasteiger partial charge < -0.3 is 14.9 Å². The van der Waals surface area contributed by atoms with Crippen molar-refractivity contribution in [2.45, 2.75) is 13.2 Å². The Morgan fingerprint density at radius 2 is 1.94 bits per heavy atom. The second kappa shape index (κ2) is 9.92. The lowest BCUT2D eigenvalue weighted by Gasteiger charge is -2.18. The van der Waals surface area contributed by atoms with Crippen molar-refractivity contribution < 1.29 is 13.9 Å². The fraction of sp³-hybridized carbons (Fsp3) is 0.136. The van der Waals surface area contributed by atoms with Gasteiger partial charge in [-0.05, 0) is 42.5 Å². The maximum atomic E-state index is 14.1. The number of aromatic amines is 1. The summed E-state index contributed by atoms with van der Waals surface area (Å²) in [5.74, 6) is 1.32. The van der Waals surface area contributed by atoms with E-state index in [-0.39, 0.29) is 12.4 Å². The van der Waals surface area contributed by atoms with Gasteiger partial charge in [0.1, 0.15) is 12.4 Å². The fourth-order valence-electron chi connectivity index (χ4n) is 3.13. The molecule has 2 N–H and O–H groups in total.